The third-order valence-corrected chi connectivity index (χ3v) is 8.14. The smallest absolute Gasteiger partial charge is 0.307 e. The van der Waals surface area contributed by atoms with E-state index in [0.717, 1.165) is 44.2 Å². The van der Waals surface area contributed by atoms with Crippen molar-refractivity contribution in [3.8, 4) is 0 Å². The number of carbonyl (C=O) groups excluding carboxylic acids is 1. The molecule has 0 unspecified atom stereocenters. The number of piperidine rings is 1. The van der Waals surface area contributed by atoms with Gasteiger partial charge < -0.3 is 10.2 Å². The highest BCUT2D eigenvalue weighted by Crippen LogP contribution is 2.38. The van der Waals surface area contributed by atoms with E-state index in [9.17, 15) is 17.6 Å². The molecule has 8 heteroatoms. The van der Waals surface area contributed by atoms with E-state index in [1.807, 2.05) is 4.90 Å². The summed E-state index contributed by atoms with van der Waals surface area (Å²) in [5, 5.41) is 2.27. The van der Waals surface area contributed by atoms with Crippen molar-refractivity contribution in [2.45, 2.75) is 56.6 Å². The van der Waals surface area contributed by atoms with Crippen LogP contribution in [0, 0.1) is 0 Å². The van der Waals surface area contributed by atoms with Crippen molar-refractivity contribution < 1.29 is 17.6 Å². The van der Waals surface area contributed by atoms with Crippen molar-refractivity contribution in [2.24, 2.45) is 0 Å². The molecule has 0 saturated carbocycles. The largest absolute Gasteiger partial charge is 0.332 e. The van der Waals surface area contributed by atoms with Gasteiger partial charge in [-0.15, -0.1) is 0 Å². The van der Waals surface area contributed by atoms with Crippen molar-refractivity contribution in [1.82, 2.24) is 9.62 Å². The lowest BCUT2D eigenvalue weighted by Crippen LogP contribution is -2.46. The lowest BCUT2D eigenvalue weighted by atomic mass is 9.99. The highest BCUT2D eigenvalue weighted by Gasteiger charge is 2.32. The van der Waals surface area contributed by atoms with Gasteiger partial charge in [0.15, 0.2) is 0 Å². The van der Waals surface area contributed by atoms with Crippen LogP contribution >= 0.6 is 0 Å². The lowest BCUT2D eigenvalue weighted by molar-refractivity contribution is 0.211. The maximum absolute atomic E-state index is 12.7. The molecule has 2 aliphatic carbocycles. The predicted octanol–water partition coefficient (Wildman–Crippen LogP) is 2.55. The third kappa shape index (κ3) is 3.89. The Morgan fingerprint density at radius 2 is 1.68 bits per heavy atom. The highest BCUT2D eigenvalue weighted by atomic mass is 32.2. The Kier molecular flexibility index (Phi) is 5.60. The SMILES string of the molecule is O=C(Nc1c2c(cc3c1CCC3)CCC2)NS(=O)(=O)C1CCN(CCF)CC1. The maximum Gasteiger partial charge on any atom is 0.332 e. The number of hydrogen-bond donors (Lipinski definition) is 2. The highest BCUT2D eigenvalue weighted by molar-refractivity contribution is 7.90. The van der Waals surface area contributed by atoms with Crippen LogP contribution in [0.5, 0.6) is 0 Å². The number of carbonyl (C=O) groups is 1. The van der Waals surface area contributed by atoms with E-state index in [4.69, 9.17) is 0 Å². The number of fused-ring (bicyclic) bond motifs is 2. The fraction of sp³-hybridized carbons (Fsp3) is 0.650. The zero-order chi connectivity index (χ0) is 19.7. The second-order valence-electron chi connectivity index (χ2n) is 8.07. The molecule has 28 heavy (non-hydrogen) atoms. The molecule has 1 aromatic rings. The molecule has 154 valence electrons. The molecule has 6 nitrogen and oxygen atoms in total. The Balaban J connectivity index is 1.44. The minimum Gasteiger partial charge on any atom is -0.307 e. The number of nitrogens with zero attached hydrogens (tertiary/aromatic N) is 1. The maximum atomic E-state index is 12.7. The number of urea groups is 1. The third-order valence-electron chi connectivity index (χ3n) is 6.32. The van der Waals surface area contributed by atoms with Crippen LogP contribution in [-0.4, -0.2) is 50.9 Å². The molecule has 0 aromatic heterocycles. The number of alkyl halides is 1. The molecule has 1 aromatic carbocycles. The number of amides is 2. The van der Waals surface area contributed by atoms with Gasteiger partial charge in [0.1, 0.15) is 6.67 Å². The summed E-state index contributed by atoms with van der Waals surface area (Å²) in [6.07, 6.45) is 6.88. The molecule has 1 fully saturated rings. The summed E-state index contributed by atoms with van der Waals surface area (Å²) in [4.78, 5) is 14.5. The predicted molar refractivity (Wildman–Crippen MR) is 107 cm³/mol. The summed E-state index contributed by atoms with van der Waals surface area (Å²) >= 11 is 0. The number of hydrogen-bond acceptors (Lipinski definition) is 4. The first-order valence-corrected chi connectivity index (χ1v) is 11.8. The van der Waals surface area contributed by atoms with Gasteiger partial charge in [0, 0.05) is 12.2 Å². The van der Waals surface area contributed by atoms with Crippen molar-refractivity contribution in [1.29, 1.82) is 0 Å². The summed E-state index contributed by atoms with van der Waals surface area (Å²) in [7, 11) is -3.75. The van der Waals surface area contributed by atoms with Gasteiger partial charge in [-0.25, -0.2) is 22.3 Å². The number of anilines is 1. The van der Waals surface area contributed by atoms with Gasteiger partial charge in [0.2, 0.25) is 10.0 Å². The van der Waals surface area contributed by atoms with Gasteiger partial charge in [0.25, 0.3) is 0 Å². The molecule has 0 radical (unpaired) electrons. The molecular weight excluding hydrogens is 381 g/mol. The number of halogens is 1. The van der Waals surface area contributed by atoms with E-state index in [-0.39, 0.29) is 0 Å². The number of aryl methyl sites for hydroxylation is 2. The fourth-order valence-corrected chi connectivity index (χ4v) is 6.19. The normalized spacial score (nSPS) is 20.0. The van der Waals surface area contributed by atoms with Crippen LogP contribution in [0.1, 0.15) is 47.9 Å². The summed E-state index contributed by atoms with van der Waals surface area (Å²) in [5.41, 5.74) is 5.77. The Bertz CT molecular complexity index is 832. The van der Waals surface area contributed by atoms with E-state index in [2.05, 4.69) is 16.1 Å². The molecule has 0 spiro atoms. The molecule has 0 atom stereocenters. The van der Waals surface area contributed by atoms with Gasteiger partial charge in [-0.3, -0.25) is 0 Å². The second-order valence-corrected chi connectivity index (χ2v) is 10.0. The number of likely N-dealkylation sites (tertiary alicyclic amines) is 1. The van der Waals surface area contributed by atoms with E-state index in [1.54, 1.807) is 0 Å². The molecule has 4 rings (SSSR count). The minimum atomic E-state index is -3.75. The monoisotopic (exact) mass is 409 g/mol. The van der Waals surface area contributed by atoms with E-state index in [1.165, 1.54) is 22.3 Å². The van der Waals surface area contributed by atoms with E-state index >= 15 is 0 Å². The van der Waals surface area contributed by atoms with Crippen molar-refractivity contribution in [3.63, 3.8) is 0 Å². The van der Waals surface area contributed by atoms with Crippen LogP contribution in [0.2, 0.25) is 0 Å². The first kappa shape index (κ1) is 19.6. The van der Waals surface area contributed by atoms with Crippen LogP contribution in [0.4, 0.5) is 14.9 Å². The van der Waals surface area contributed by atoms with Crippen LogP contribution in [0.25, 0.3) is 0 Å². The van der Waals surface area contributed by atoms with Gasteiger partial charge in [-0.05, 0) is 86.7 Å². The Morgan fingerprint density at radius 3 is 2.25 bits per heavy atom. The first-order chi connectivity index (χ1) is 13.5. The summed E-state index contributed by atoms with van der Waals surface area (Å²) in [6, 6.07) is 1.61. The molecule has 3 aliphatic rings. The standard InChI is InChI=1S/C20H28FN3O3S/c21-9-12-24-10-7-16(8-11-24)28(26,27)23-20(25)22-19-17-5-1-3-14(17)13-15-4-2-6-18(15)19/h13,16H,1-12H2,(H2,22,23,25). The number of rotatable bonds is 5. The topological polar surface area (TPSA) is 78.5 Å². The molecule has 2 amide bonds. The van der Waals surface area contributed by atoms with Crippen LogP contribution in [0.15, 0.2) is 6.07 Å². The summed E-state index contributed by atoms with van der Waals surface area (Å²) < 4.78 is 40.0. The molecule has 0 bridgehead atoms. The molecule has 1 saturated heterocycles. The minimum absolute atomic E-state index is 0.338. The van der Waals surface area contributed by atoms with Gasteiger partial charge in [-0.2, -0.15) is 0 Å². The summed E-state index contributed by atoms with van der Waals surface area (Å²) in [6.45, 7) is 0.988. The van der Waals surface area contributed by atoms with Crippen molar-refractivity contribution in [2.75, 3.05) is 31.6 Å². The van der Waals surface area contributed by atoms with Crippen LogP contribution < -0.4 is 10.0 Å². The van der Waals surface area contributed by atoms with Crippen LogP contribution in [0.3, 0.4) is 0 Å². The van der Waals surface area contributed by atoms with Crippen LogP contribution in [-0.2, 0) is 35.7 Å². The van der Waals surface area contributed by atoms with Gasteiger partial charge in [0.05, 0.1) is 5.25 Å². The first-order valence-electron chi connectivity index (χ1n) is 10.3. The molecule has 1 heterocycles. The molecular formula is C20H28FN3O3S. The average Bonchev–Trinajstić information content (AvgIpc) is 3.31. The zero-order valence-corrected chi connectivity index (χ0v) is 16.9. The summed E-state index contributed by atoms with van der Waals surface area (Å²) in [5.74, 6) is 0. The molecule has 2 N–H and O–H groups in total. The quantitative estimate of drug-likeness (QED) is 0.783. The lowest BCUT2D eigenvalue weighted by Gasteiger charge is -2.30. The Labute approximate surface area is 165 Å². The van der Waals surface area contributed by atoms with Crippen molar-refractivity contribution >= 4 is 21.7 Å². The van der Waals surface area contributed by atoms with E-state index in [0.29, 0.717) is 32.5 Å². The molecule has 1 aliphatic heterocycles. The van der Waals surface area contributed by atoms with E-state index < -0.39 is 28.0 Å². The Morgan fingerprint density at radius 1 is 1.07 bits per heavy atom. The fourth-order valence-electron chi connectivity index (χ4n) is 4.88. The Hall–Kier alpha value is -1.67. The van der Waals surface area contributed by atoms with Crippen molar-refractivity contribution in [3.05, 3.63) is 28.3 Å². The van der Waals surface area contributed by atoms with Gasteiger partial charge >= 0.3 is 6.03 Å². The number of benzene rings is 1. The zero-order valence-electron chi connectivity index (χ0n) is 16.1. The van der Waals surface area contributed by atoms with Gasteiger partial charge in [-0.1, -0.05) is 6.07 Å². The average molecular weight is 410 g/mol. The number of nitrogens with one attached hydrogen (secondary N) is 2. The second kappa shape index (κ2) is 7.99. The number of sulfonamides is 1.